The molecule has 0 bridgehead atoms. The smallest absolute Gasteiger partial charge is 0.234 e. The lowest BCUT2D eigenvalue weighted by molar-refractivity contribution is 0.103. The van der Waals surface area contributed by atoms with Crippen LogP contribution in [0, 0.1) is 5.92 Å². The van der Waals surface area contributed by atoms with Gasteiger partial charge in [0, 0.05) is 12.5 Å². The van der Waals surface area contributed by atoms with Gasteiger partial charge in [-0.3, -0.25) is 0 Å². The highest BCUT2D eigenvalue weighted by Crippen LogP contribution is 2.37. The molecule has 1 saturated heterocycles. The van der Waals surface area contributed by atoms with E-state index in [0.29, 0.717) is 11.8 Å². The Morgan fingerprint density at radius 3 is 2.76 bits per heavy atom. The van der Waals surface area contributed by atoms with Crippen molar-refractivity contribution in [3.63, 3.8) is 0 Å². The van der Waals surface area contributed by atoms with Gasteiger partial charge in [-0.25, -0.2) is 0 Å². The Hall–Kier alpha value is -1.05. The maximum Gasteiger partial charge on any atom is 0.234 e. The number of ether oxygens (including phenoxy) is 1. The monoisotopic (exact) mass is 307 g/mol. The second kappa shape index (κ2) is 5.62. The van der Waals surface area contributed by atoms with Crippen molar-refractivity contribution in [3.8, 4) is 0 Å². The molecule has 1 aliphatic heterocycles. The molecule has 3 heterocycles. The molecule has 0 amide bonds. The second-order valence-corrected chi connectivity index (χ2v) is 7.14. The van der Waals surface area contributed by atoms with Crippen molar-refractivity contribution in [3.05, 3.63) is 10.8 Å². The Bertz CT molecular complexity index is 610. The summed E-state index contributed by atoms with van der Waals surface area (Å²) in [6, 6.07) is 0. The van der Waals surface area contributed by atoms with Gasteiger partial charge in [0.25, 0.3) is 0 Å². The highest BCUT2D eigenvalue weighted by molar-refractivity contribution is 7.16. The van der Waals surface area contributed by atoms with Crippen LogP contribution in [0.2, 0.25) is 0 Å². The van der Waals surface area contributed by atoms with Gasteiger partial charge in [0.15, 0.2) is 5.82 Å². The standard InChI is InChI=1S/C14H21N5OS/c15-8-9-3-5-10(6-4-9)13-18-19-12(11-2-1-7-20-11)16-17-14(19)21-13/h9-11H,1-8,15H2. The van der Waals surface area contributed by atoms with Crippen molar-refractivity contribution in [2.24, 2.45) is 11.7 Å². The van der Waals surface area contributed by atoms with Gasteiger partial charge in [0.2, 0.25) is 4.96 Å². The molecule has 1 aliphatic carbocycles. The molecule has 1 unspecified atom stereocenters. The number of aromatic nitrogens is 4. The number of hydrogen-bond donors (Lipinski definition) is 1. The molecule has 2 aromatic rings. The van der Waals surface area contributed by atoms with E-state index in [1.807, 2.05) is 4.52 Å². The quantitative estimate of drug-likeness (QED) is 0.941. The minimum Gasteiger partial charge on any atom is -0.370 e. The molecule has 4 rings (SSSR count). The largest absolute Gasteiger partial charge is 0.370 e. The maximum atomic E-state index is 5.77. The average Bonchev–Trinajstić information content (AvgIpc) is 3.23. The van der Waals surface area contributed by atoms with Crippen LogP contribution in [0.4, 0.5) is 0 Å². The van der Waals surface area contributed by atoms with E-state index in [4.69, 9.17) is 15.6 Å². The minimum absolute atomic E-state index is 0.0722. The number of nitrogens with two attached hydrogens (primary N) is 1. The molecule has 2 aromatic heterocycles. The summed E-state index contributed by atoms with van der Waals surface area (Å²) in [5.74, 6) is 2.15. The Morgan fingerprint density at radius 2 is 2.05 bits per heavy atom. The predicted molar refractivity (Wildman–Crippen MR) is 80.3 cm³/mol. The lowest BCUT2D eigenvalue weighted by Crippen LogP contribution is -2.20. The summed E-state index contributed by atoms with van der Waals surface area (Å²) < 4.78 is 7.62. The third-order valence-corrected chi connectivity index (χ3v) is 5.84. The van der Waals surface area contributed by atoms with Crippen LogP contribution in [0.5, 0.6) is 0 Å². The van der Waals surface area contributed by atoms with Crippen molar-refractivity contribution in [1.82, 2.24) is 19.8 Å². The van der Waals surface area contributed by atoms with Gasteiger partial charge in [-0.1, -0.05) is 11.3 Å². The van der Waals surface area contributed by atoms with E-state index in [2.05, 4.69) is 10.2 Å². The van der Waals surface area contributed by atoms with Gasteiger partial charge >= 0.3 is 0 Å². The first-order chi connectivity index (χ1) is 10.3. The van der Waals surface area contributed by atoms with E-state index in [0.717, 1.165) is 36.8 Å². The molecule has 114 valence electrons. The first-order valence-electron chi connectivity index (χ1n) is 7.89. The maximum absolute atomic E-state index is 5.77. The molecule has 1 saturated carbocycles. The van der Waals surface area contributed by atoms with Crippen molar-refractivity contribution < 1.29 is 4.74 Å². The molecule has 2 N–H and O–H groups in total. The summed E-state index contributed by atoms with van der Waals surface area (Å²) in [4.78, 5) is 0.899. The van der Waals surface area contributed by atoms with Crippen molar-refractivity contribution in [2.45, 2.75) is 50.5 Å². The highest BCUT2D eigenvalue weighted by atomic mass is 32.1. The fraction of sp³-hybridized carbons (Fsp3) is 0.786. The van der Waals surface area contributed by atoms with Crippen LogP contribution in [0.3, 0.4) is 0 Å². The summed E-state index contributed by atoms with van der Waals surface area (Å²) in [6.07, 6.45) is 7.03. The SMILES string of the molecule is NCC1CCC(c2nn3c(C4CCCO4)nnc3s2)CC1. The Kier molecular flexibility index (Phi) is 3.64. The zero-order chi connectivity index (χ0) is 14.2. The van der Waals surface area contributed by atoms with Crippen molar-refractivity contribution >= 4 is 16.3 Å². The zero-order valence-electron chi connectivity index (χ0n) is 12.1. The normalized spacial score (nSPS) is 30.2. The van der Waals surface area contributed by atoms with Crippen LogP contribution in [0.25, 0.3) is 4.96 Å². The number of fused-ring (bicyclic) bond motifs is 1. The van der Waals surface area contributed by atoms with E-state index in [9.17, 15) is 0 Å². The number of nitrogens with zero attached hydrogens (tertiary/aromatic N) is 4. The number of rotatable bonds is 3. The molecule has 6 nitrogen and oxygen atoms in total. The third kappa shape index (κ3) is 2.47. The zero-order valence-corrected chi connectivity index (χ0v) is 12.9. The Morgan fingerprint density at radius 1 is 1.19 bits per heavy atom. The third-order valence-electron chi connectivity index (χ3n) is 4.78. The van der Waals surface area contributed by atoms with Crippen LogP contribution in [-0.4, -0.2) is 33.0 Å². The van der Waals surface area contributed by atoms with Crippen LogP contribution in [0.1, 0.15) is 61.4 Å². The lowest BCUT2D eigenvalue weighted by atomic mass is 9.82. The van der Waals surface area contributed by atoms with Crippen LogP contribution >= 0.6 is 11.3 Å². The van der Waals surface area contributed by atoms with Gasteiger partial charge in [-0.2, -0.15) is 9.61 Å². The van der Waals surface area contributed by atoms with E-state index in [1.54, 1.807) is 11.3 Å². The molecule has 0 spiro atoms. The summed E-state index contributed by atoms with van der Waals surface area (Å²) in [6.45, 7) is 1.64. The lowest BCUT2D eigenvalue weighted by Gasteiger charge is -2.25. The summed E-state index contributed by atoms with van der Waals surface area (Å²) in [5, 5.41) is 14.5. The Balaban J connectivity index is 1.57. The van der Waals surface area contributed by atoms with Gasteiger partial charge in [0.1, 0.15) is 11.1 Å². The van der Waals surface area contributed by atoms with Crippen LogP contribution in [-0.2, 0) is 4.74 Å². The molecule has 0 radical (unpaired) electrons. The molecule has 1 atom stereocenters. The predicted octanol–water partition coefficient (Wildman–Crippen LogP) is 2.27. The minimum atomic E-state index is 0.0722. The van der Waals surface area contributed by atoms with Gasteiger partial charge in [0.05, 0.1) is 0 Å². The van der Waals surface area contributed by atoms with Crippen LogP contribution in [0.15, 0.2) is 0 Å². The second-order valence-electron chi connectivity index (χ2n) is 6.15. The van der Waals surface area contributed by atoms with Crippen LogP contribution < -0.4 is 5.73 Å². The number of hydrogen-bond acceptors (Lipinski definition) is 6. The first kappa shape index (κ1) is 13.6. The van der Waals surface area contributed by atoms with E-state index in [1.165, 1.54) is 30.7 Å². The van der Waals surface area contributed by atoms with Crippen molar-refractivity contribution in [2.75, 3.05) is 13.2 Å². The van der Waals surface area contributed by atoms with Gasteiger partial charge in [-0.05, 0) is 51.0 Å². The van der Waals surface area contributed by atoms with Gasteiger partial charge in [-0.15, -0.1) is 10.2 Å². The first-order valence-corrected chi connectivity index (χ1v) is 8.70. The molecule has 2 fully saturated rings. The summed E-state index contributed by atoms with van der Waals surface area (Å²) in [5.41, 5.74) is 5.77. The molecule has 21 heavy (non-hydrogen) atoms. The van der Waals surface area contributed by atoms with E-state index < -0.39 is 0 Å². The summed E-state index contributed by atoms with van der Waals surface area (Å²) in [7, 11) is 0. The average molecular weight is 307 g/mol. The van der Waals surface area contributed by atoms with Crippen molar-refractivity contribution in [1.29, 1.82) is 0 Å². The summed E-state index contributed by atoms with van der Waals surface area (Å²) >= 11 is 1.68. The van der Waals surface area contributed by atoms with Gasteiger partial charge < -0.3 is 10.5 Å². The highest BCUT2D eigenvalue weighted by Gasteiger charge is 2.28. The van der Waals surface area contributed by atoms with E-state index in [-0.39, 0.29) is 6.10 Å². The Labute approximate surface area is 127 Å². The fourth-order valence-corrected chi connectivity index (χ4v) is 4.45. The van der Waals surface area contributed by atoms with E-state index >= 15 is 0 Å². The molecule has 7 heteroatoms. The molecular formula is C14H21N5OS. The topological polar surface area (TPSA) is 78.3 Å². The fourth-order valence-electron chi connectivity index (χ4n) is 3.44. The molecule has 0 aromatic carbocycles. The molecule has 2 aliphatic rings. The molecular weight excluding hydrogens is 286 g/mol.